The Bertz CT molecular complexity index is 1410. The van der Waals surface area contributed by atoms with Gasteiger partial charge in [0.1, 0.15) is 35.6 Å². The van der Waals surface area contributed by atoms with Gasteiger partial charge in [-0.2, -0.15) is 0 Å². The van der Waals surface area contributed by atoms with E-state index >= 15 is 0 Å². The molecule has 1 saturated heterocycles. The Labute approximate surface area is 268 Å². The van der Waals surface area contributed by atoms with Crippen molar-refractivity contribution in [1.82, 2.24) is 25.8 Å². The van der Waals surface area contributed by atoms with Crippen LogP contribution in [0, 0.1) is 17.2 Å². The normalized spacial score (nSPS) is 26.2. The molecule has 2 aliphatic heterocycles. The van der Waals surface area contributed by atoms with E-state index in [0.717, 1.165) is 25.7 Å². The van der Waals surface area contributed by atoms with Gasteiger partial charge in [0.2, 0.25) is 17.7 Å². The average molecular weight is 642 g/mol. The molecular weight excluding hydrogens is 597 g/mol. The molecule has 12 nitrogen and oxygen atoms in total. The number of halogens is 1. The first kappa shape index (κ1) is 33.2. The molecule has 0 bridgehead atoms. The number of fused-ring (bicyclic) bond motifs is 1. The number of hydrogen-bond acceptors (Lipinski definition) is 7. The minimum Gasteiger partial charge on any atom is -0.446 e. The van der Waals surface area contributed by atoms with Crippen LogP contribution in [0.15, 0.2) is 30.9 Å². The van der Waals surface area contributed by atoms with Crippen LogP contribution in [0.4, 0.5) is 14.0 Å². The molecule has 250 valence electrons. The van der Waals surface area contributed by atoms with E-state index < -0.39 is 59.0 Å². The molecule has 2 heterocycles. The van der Waals surface area contributed by atoms with Crippen LogP contribution in [0.5, 0.6) is 0 Å². The molecule has 4 aliphatic rings. The summed E-state index contributed by atoms with van der Waals surface area (Å²) >= 11 is 0. The number of rotatable bonds is 8. The number of nitrogens with zero attached hydrogens (tertiary/aromatic N) is 2. The molecule has 3 unspecified atom stereocenters. The van der Waals surface area contributed by atoms with Gasteiger partial charge >= 0.3 is 12.2 Å². The predicted octanol–water partition coefficient (Wildman–Crippen LogP) is 3.14. The number of hydrogen-bond donors (Lipinski definition) is 3. The summed E-state index contributed by atoms with van der Waals surface area (Å²) in [7, 11) is 1.47. The highest BCUT2D eigenvalue weighted by atomic mass is 19.1. The van der Waals surface area contributed by atoms with Crippen molar-refractivity contribution in [2.45, 2.75) is 102 Å². The lowest BCUT2D eigenvalue weighted by atomic mass is 9.85. The molecule has 5 rings (SSSR count). The molecule has 46 heavy (non-hydrogen) atoms. The van der Waals surface area contributed by atoms with Gasteiger partial charge in [-0.25, -0.2) is 14.0 Å². The van der Waals surface area contributed by atoms with Crippen molar-refractivity contribution in [3.63, 3.8) is 0 Å². The predicted molar refractivity (Wildman–Crippen MR) is 164 cm³/mol. The first-order valence-corrected chi connectivity index (χ1v) is 15.9. The van der Waals surface area contributed by atoms with Gasteiger partial charge in [0.15, 0.2) is 0 Å². The SMILES string of the molecule is C=CC1C[C@]1(NC(=O)C1C[C@@H](OC(=O)N2Cc3cccc(F)c3C2)CN1C(=O)C(NC(=O)OC1CCCC1)C(C)(C)C)C(=O)NC. The number of ether oxygens (including phenoxy) is 2. The summed E-state index contributed by atoms with van der Waals surface area (Å²) in [5, 5.41) is 8.15. The van der Waals surface area contributed by atoms with Gasteiger partial charge in [0, 0.05) is 31.5 Å². The third-order valence-electron chi connectivity index (χ3n) is 9.53. The zero-order valence-electron chi connectivity index (χ0n) is 26.9. The standard InChI is InChI=1S/C33H44FN5O7/c1-6-20-15-33(20,29(42)35-5)37-27(40)25-14-22(46-31(44)38-16-19-10-9-13-24(34)23(19)18-38)17-39(25)28(41)26(32(2,3)4)36-30(43)45-21-11-7-8-12-21/h6,9-10,13,20-22,25-26H,1,7-8,11-12,14-18H2,2-5H3,(H,35,42)(H,36,43)(H,37,40)/t20?,22-,25?,26?,33-/m1/s1. The van der Waals surface area contributed by atoms with Gasteiger partial charge in [-0.15, -0.1) is 6.58 Å². The highest BCUT2D eigenvalue weighted by Crippen LogP contribution is 2.45. The zero-order chi connectivity index (χ0) is 33.4. The molecule has 0 aromatic heterocycles. The molecule has 2 aliphatic carbocycles. The van der Waals surface area contributed by atoms with Crippen LogP contribution >= 0.6 is 0 Å². The number of likely N-dealkylation sites (tertiary alicyclic amines) is 1. The second-order valence-corrected chi connectivity index (χ2v) is 13.8. The lowest BCUT2D eigenvalue weighted by Gasteiger charge is -2.35. The molecule has 5 amide bonds. The lowest BCUT2D eigenvalue weighted by Crippen LogP contribution is -2.59. The second-order valence-electron chi connectivity index (χ2n) is 13.8. The highest BCUT2D eigenvalue weighted by Gasteiger charge is 2.60. The van der Waals surface area contributed by atoms with Gasteiger partial charge in [-0.05, 0) is 49.1 Å². The molecule has 0 radical (unpaired) electrons. The minimum absolute atomic E-state index is 0.0373. The largest absolute Gasteiger partial charge is 0.446 e. The quantitative estimate of drug-likeness (QED) is 0.370. The molecule has 5 atom stereocenters. The van der Waals surface area contributed by atoms with Gasteiger partial charge in [-0.1, -0.05) is 39.0 Å². The Hall–Kier alpha value is -4.16. The maximum atomic E-state index is 14.3. The molecule has 2 saturated carbocycles. The maximum Gasteiger partial charge on any atom is 0.410 e. The topological polar surface area (TPSA) is 146 Å². The number of alkyl carbamates (subject to hydrolysis) is 1. The summed E-state index contributed by atoms with van der Waals surface area (Å²) in [4.78, 5) is 69.7. The number of likely N-dealkylation sites (N-methyl/N-ethyl adjacent to an activating group) is 1. The monoisotopic (exact) mass is 641 g/mol. The van der Waals surface area contributed by atoms with Crippen molar-refractivity contribution in [2.24, 2.45) is 11.3 Å². The molecule has 0 spiro atoms. The number of nitrogens with one attached hydrogen (secondary N) is 3. The van der Waals surface area contributed by atoms with Crippen LogP contribution in [0.2, 0.25) is 0 Å². The number of carbonyl (C=O) groups excluding carboxylic acids is 5. The maximum absolute atomic E-state index is 14.3. The highest BCUT2D eigenvalue weighted by molar-refractivity contribution is 5.98. The van der Waals surface area contributed by atoms with E-state index in [-0.39, 0.29) is 44.0 Å². The molecule has 3 fully saturated rings. The Balaban J connectivity index is 1.35. The smallest absolute Gasteiger partial charge is 0.410 e. The van der Waals surface area contributed by atoms with E-state index in [0.29, 0.717) is 17.5 Å². The van der Waals surface area contributed by atoms with E-state index in [1.165, 1.54) is 22.9 Å². The van der Waals surface area contributed by atoms with Crippen molar-refractivity contribution in [3.05, 3.63) is 47.8 Å². The summed E-state index contributed by atoms with van der Waals surface area (Å²) in [6.45, 7) is 9.22. The summed E-state index contributed by atoms with van der Waals surface area (Å²) < 4.78 is 25.7. The van der Waals surface area contributed by atoms with Crippen LogP contribution in [-0.2, 0) is 36.9 Å². The Kier molecular flexibility index (Phi) is 9.33. The average Bonchev–Trinajstić information content (AvgIpc) is 3.42. The Morgan fingerprint density at radius 1 is 1.09 bits per heavy atom. The van der Waals surface area contributed by atoms with E-state index in [1.807, 2.05) is 0 Å². The van der Waals surface area contributed by atoms with Crippen molar-refractivity contribution < 1.29 is 37.8 Å². The zero-order valence-corrected chi connectivity index (χ0v) is 26.9. The van der Waals surface area contributed by atoms with E-state index in [2.05, 4.69) is 22.5 Å². The third-order valence-corrected chi connectivity index (χ3v) is 9.53. The number of benzene rings is 1. The van der Waals surface area contributed by atoms with Crippen LogP contribution < -0.4 is 16.0 Å². The fourth-order valence-electron chi connectivity index (χ4n) is 6.79. The van der Waals surface area contributed by atoms with E-state index in [4.69, 9.17) is 9.47 Å². The summed E-state index contributed by atoms with van der Waals surface area (Å²) in [6.07, 6.45) is 2.86. The van der Waals surface area contributed by atoms with Gasteiger partial charge in [0.25, 0.3) is 0 Å². The van der Waals surface area contributed by atoms with Gasteiger partial charge in [0.05, 0.1) is 13.1 Å². The van der Waals surface area contributed by atoms with Crippen molar-refractivity contribution in [3.8, 4) is 0 Å². The van der Waals surface area contributed by atoms with E-state index in [1.54, 1.807) is 39.0 Å². The molecule has 1 aromatic rings. The Morgan fingerprint density at radius 2 is 1.80 bits per heavy atom. The molecule has 1 aromatic carbocycles. The molecule has 13 heteroatoms. The van der Waals surface area contributed by atoms with Crippen LogP contribution in [-0.4, -0.2) is 83.1 Å². The fourth-order valence-corrected chi connectivity index (χ4v) is 6.79. The first-order valence-electron chi connectivity index (χ1n) is 15.9. The number of amides is 5. The van der Waals surface area contributed by atoms with Gasteiger partial charge in [-0.3, -0.25) is 19.3 Å². The van der Waals surface area contributed by atoms with Crippen LogP contribution in [0.3, 0.4) is 0 Å². The van der Waals surface area contributed by atoms with Crippen molar-refractivity contribution in [1.29, 1.82) is 0 Å². The summed E-state index contributed by atoms with van der Waals surface area (Å²) in [5.74, 6) is -2.21. The van der Waals surface area contributed by atoms with Crippen LogP contribution in [0.25, 0.3) is 0 Å². The first-order chi connectivity index (χ1) is 21.8. The molecular formula is C33H44FN5O7. The number of carbonyl (C=O) groups is 5. The summed E-state index contributed by atoms with van der Waals surface area (Å²) in [6, 6.07) is 2.48. The lowest BCUT2D eigenvalue weighted by molar-refractivity contribution is -0.143. The van der Waals surface area contributed by atoms with Crippen molar-refractivity contribution >= 4 is 29.9 Å². The fraction of sp³-hybridized carbons (Fsp3) is 0.606. The molecule has 3 N–H and O–H groups in total. The van der Waals surface area contributed by atoms with E-state index in [9.17, 15) is 28.4 Å². The summed E-state index contributed by atoms with van der Waals surface area (Å²) in [5.41, 5.74) is -0.874. The Morgan fingerprint density at radius 3 is 2.41 bits per heavy atom. The van der Waals surface area contributed by atoms with Crippen molar-refractivity contribution in [2.75, 3.05) is 13.6 Å². The third kappa shape index (κ3) is 6.68. The minimum atomic E-state index is -1.20. The second kappa shape index (κ2) is 12.9. The van der Waals surface area contributed by atoms with Crippen LogP contribution in [0.1, 0.15) is 70.4 Å². The van der Waals surface area contributed by atoms with Gasteiger partial charge < -0.3 is 30.3 Å².